The molecule has 0 radical (unpaired) electrons. The van der Waals surface area contributed by atoms with Crippen molar-refractivity contribution in [1.82, 2.24) is 0 Å². The molecule has 0 aromatic heterocycles. The van der Waals surface area contributed by atoms with Crippen LogP contribution in [0.25, 0.3) is 0 Å². The first-order valence-corrected chi connectivity index (χ1v) is 11.0. The molecular formula is C23H34O8. The Morgan fingerprint density at radius 2 is 1.81 bits per heavy atom. The zero-order valence-electron chi connectivity index (χ0n) is 19.0. The lowest BCUT2D eigenvalue weighted by atomic mass is 9.43. The van der Waals surface area contributed by atoms with Gasteiger partial charge in [-0.15, -0.1) is 0 Å². The van der Waals surface area contributed by atoms with E-state index in [1.54, 1.807) is 27.7 Å². The Morgan fingerprint density at radius 3 is 2.32 bits per heavy atom. The summed E-state index contributed by atoms with van der Waals surface area (Å²) in [5.74, 6) is -2.50. The van der Waals surface area contributed by atoms with Crippen LogP contribution < -0.4 is 0 Å². The van der Waals surface area contributed by atoms with E-state index in [1.807, 2.05) is 6.92 Å². The van der Waals surface area contributed by atoms with Crippen LogP contribution in [-0.4, -0.2) is 74.4 Å². The van der Waals surface area contributed by atoms with Gasteiger partial charge in [-0.25, -0.2) is 0 Å². The van der Waals surface area contributed by atoms with Gasteiger partial charge in [-0.05, 0) is 30.4 Å². The van der Waals surface area contributed by atoms with Crippen LogP contribution in [0.5, 0.6) is 0 Å². The quantitative estimate of drug-likeness (QED) is 0.343. The zero-order valence-corrected chi connectivity index (χ0v) is 19.0. The summed E-state index contributed by atoms with van der Waals surface area (Å²) in [5, 5.41) is 46.0. The minimum atomic E-state index is -1.84. The molecule has 0 aromatic carbocycles. The molecule has 1 heterocycles. The lowest BCUT2D eigenvalue weighted by Crippen LogP contribution is -2.80. The average molecular weight is 439 g/mol. The molecule has 4 rings (SSSR count). The number of hydrogen-bond acceptors (Lipinski definition) is 8. The molecule has 8 nitrogen and oxygen atoms in total. The van der Waals surface area contributed by atoms with Crippen molar-refractivity contribution in [3.63, 3.8) is 0 Å². The Morgan fingerprint density at radius 1 is 1.19 bits per heavy atom. The summed E-state index contributed by atoms with van der Waals surface area (Å²) in [6.45, 7) is 9.69. The van der Waals surface area contributed by atoms with Gasteiger partial charge in [0.15, 0.2) is 5.78 Å². The van der Waals surface area contributed by atoms with Gasteiger partial charge in [0, 0.05) is 30.1 Å². The number of ether oxygens (including phenoxy) is 2. The highest BCUT2D eigenvalue weighted by Gasteiger charge is 2.75. The van der Waals surface area contributed by atoms with E-state index >= 15 is 0 Å². The van der Waals surface area contributed by atoms with E-state index in [0.717, 1.165) is 0 Å². The Kier molecular flexibility index (Phi) is 4.87. The van der Waals surface area contributed by atoms with Crippen molar-refractivity contribution in [1.29, 1.82) is 0 Å². The number of hydrogen-bond donors (Lipinski definition) is 4. The molecule has 4 aliphatic rings. The van der Waals surface area contributed by atoms with Crippen molar-refractivity contribution in [3.05, 3.63) is 11.1 Å². The third-order valence-electron chi connectivity index (χ3n) is 9.15. The molecule has 1 aliphatic heterocycles. The monoisotopic (exact) mass is 438 g/mol. The molecule has 3 fully saturated rings. The summed E-state index contributed by atoms with van der Waals surface area (Å²) in [7, 11) is 0. The molecule has 8 heteroatoms. The minimum absolute atomic E-state index is 0.0629. The highest BCUT2D eigenvalue weighted by atomic mass is 16.6. The lowest BCUT2D eigenvalue weighted by molar-refractivity contribution is -0.339. The largest absolute Gasteiger partial charge is 0.459 e. The number of Topliss-reactive ketones (excluding diaryl/α,β-unsaturated/α-hetero) is 1. The maximum Gasteiger partial charge on any atom is 0.303 e. The second-order valence-corrected chi connectivity index (χ2v) is 10.9. The van der Waals surface area contributed by atoms with Gasteiger partial charge in [0.2, 0.25) is 0 Å². The van der Waals surface area contributed by atoms with Crippen molar-refractivity contribution in [2.24, 2.45) is 22.7 Å². The first-order chi connectivity index (χ1) is 14.1. The Bertz CT molecular complexity index is 864. The second kappa shape index (κ2) is 6.60. The summed E-state index contributed by atoms with van der Waals surface area (Å²) >= 11 is 0. The second-order valence-electron chi connectivity index (χ2n) is 10.9. The molecular weight excluding hydrogens is 404 g/mol. The van der Waals surface area contributed by atoms with Crippen LogP contribution in [-0.2, 0) is 19.1 Å². The summed E-state index contributed by atoms with van der Waals surface area (Å²) in [4.78, 5) is 26.2. The number of carbonyl (C=O) groups excluding carboxylic acids is 2. The third kappa shape index (κ3) is 2.60. The first kappa shape index (κ1) is 22.9. The van der Waals surface area contributed by atoms with E-state index in [1.165, 1.54) is 6.92 Å². The molecule has 2 saturated carbocycles. The standard InChI is InChI=1S/C23H34O8/c1-10-7-14-22(28,9-30-14)17-19(31-12(3)24)23(29)8-13(25)11(2)15(20(23,4)5)16(26)18(27)21(10,17)6/h10,13-14,16-17,19,25-26,28-29H,7-9H2,1-6H3/t10-,13-,14+,16+,17-,19?,21+,22-,23+/m0/s1. The summed E-state index contributed by atoms with van der Waals surface area (Å²) < 4.78 is 11.4. The molecule has 0 spiro atoms. The van der Waals surface area contributed by atoms with E-state index in [0.29, 0.717) is 12.0 Å². The SMILES string of the molecule is CC(=O)OC1[C@@H]2[C@]3(O)CO[C@@H]3C[C@H](C)[C@@]2(C)C(=O)[C@H](O)C2=C(C)[C@@H](O)C[C@]1(O)C2(C)C. The average Bonchev–Trinajstić information content (AvgIpc) is 2.66. The molecule has 3 aliphatic carbocycles. The zero-order chi connectivity index (χ0) is 23.3. The van der Waals surface area contributed by atoms with Crippen molar-refractivity contribution < 1.29 is 39.5 Å². The van der Waals surface area contributed by atoms with E-state index < -0.39 is 64.1 Å². The molecule has 174 valence electrons. The van der Waals surface area contributed by atoms with Gasteiger partial charge >= 0.3 is 5.97 Å². The van der Waals surface area contributed by atoms with Crippen molar-refractivity contribution in [3.8, 4) is 0 Å². The highest BCUT2D eigenvalue weighted by Crippen LogP contribution is 2.64. The van der Waals surface area contributed by atoms with Crippen LogP contribution in [0.4, 0.5) is 0 Å². The Hall–Kier alpha value is -1.32. The van der Waals surface area contributed by atoms with E-state index in [9.17, 15) is 30.0 Å². The molecule has 1 unspecified atom stereocenters. The molecule has 1 saturated heterocycles. The van der Waals surface area contributed by atoms with Gasteiger partial charge in [-0.2, -0.15) is 0 Å². The molecule has 31 heavy (non-hydrogen) atoms. The molecule has 4 N–H and O–H groups in total. The Balaban J connectivity index is 2.06. The highest BCUT2D eigenvalue weighted by molar-refractivity contribution is 5.93. The fourth-order valence-electron chi connectivity index (χ4n) is 6.98. The molecule has 9 atom stereocenters. The van der Waals surface area contributed by atoms with Gasteiger partial charge in [-0.1, -0.05) is 27.7 Å². The predicted octanol–water partition coefficient (Wildman–Crippen LogP) is 0.492. The maximum absolute atomic E-state index is 13.9. The normalized spacial score (nSPS) is 51.1. The van der Waals surface area contributed by atoms with E-state index in [2.05, 4.69) is 0 Å². The fourth-order valence-corrected chi connectivity index (χ4v) is 6.98. The summed E-state index contributed by atoms with van der Waals surface area (Å²) in [5.41, 5.74) is -5.18. The van der Waals surface area contributed by atoms with Crippen LogP contribution in [0.2, 0.25) is 0 Å². The van der Waals surface area contributed by atoms with Crippen LogP contribution in [0.3, 0.4) is 0 Å². The maximum atomic E-state index is 13.9. The van der Waals surface area contributed by atoms with Gasteiger partial charge in [0.1, 0.15) is 23.4 Å². The molecule has 2 bridgehead atoms. The van der Waals surface area contributed by atoms with Gasteiger partial charge in [0.05, 0.1) is 18.8 Å². The fraction of sp³-hybridized carbons (Fsp3) is 0.826. The van der Waals surface area contributed by atoms with Crippen molar-refractivity contribution >= 4 is 11.8 Å². The predicted molar refractivity (Wildman–Crippen MR) is 109 cm³/mol. The number of aliphatic hydroxyl groups excluding tert-OH is 2. The van der Waals surface area contributed by atoms with Crippen LogP contribution in [0.15, 0.2) is 11.1 Å². The molecule has 0 amide bonds. The number of carbonyl (C=O) groups is 2. The van der Waals surface area contributed by atoms with Gasteiger partial charge in [-0.3, -0.25) is 9.59 Å². The van der Waals surface area contributed by atoms with Crippen LogP contribution in [0, 0.1) is 22.7 Å². The Labute approximate surface area is 182 Å². The van der Waals surface area contributed by atoms with Crippen molar-refractivity contribution in [2.75, 3.05) is 6.61 Å². The number of esters is 1. The lowest BCUT2D eigenvalue weighted by Gasteiger charge is -2.67. The van der Waals surface area contributed by atoms with E-state index in [-0.39, 0.29) is 24.5 Å². The summed E-state index contributed by atoms with van der Waals surface area (Å²) in [6.07, 6.45) is -4.32. The number of ketones is 1. The van der Waals surface area contributed by atoms with Crippen molar-refractivity contribution in [2.45, 2.75) is 90.0 Å². The number of fused-ring (bicyclic) bond motifs is 5. The third-order valence-corrected chi connectivity index (χ3v) is 9.15. The summed E-state index contributed by atoms with van der Waals surface area (Å²) in [6, 6.07) is 0. The topological polar surface area (TPSA) is 134 Å². The number of rotatable bonds is 1. The molecule has 0 aromatic rings. The number of aliphatic hydroxyl groups is 4. The van der Waals surface area contributed by atoms with Crippen LogP contribution in [0.1, 0.15) is 54.4 Å². The van der Waals surface area contributed by atoms with Gasteiger partial charge < -0.3 is 29.9 Å². The van der Waals surface area contributed by atoms with E-state index in [4.69, 9.17) is 9.47 Å². The van der Waals surface area contributed by atoms with Gasteiger partial charge in [0.25, 0.3) is 0 Å². The first-order valence-electron chi connectivity index (χ1n) is 11.0. The van der Waals surface area contributed by atoms with Crippen LogP contribution >= 0.6 is 0 Å². The minimum Gasteiger partial charge on any atom is -0.459 e. The smallest absolute Gasteiger partial charge is 0.303 e.